The van der Waals surface area contributed by atoms with Gasteiger partial charge >= 0.3 is 0 Å². The lowest BCUT2D eigenvalue weighted by Crippen LogP contribution is -2.03. The van der Waals surface area contributed by atoms with Crippen LogP contribution in [0.3, 0.4) is 0 Å². The van der Waals surface area contributed by atoms with Gasteiger partial charge < -0.3 is 9.73 Å². The van der Waals surface area contributed by atoms with Gasteiger partial charge in [0.15, 0.2) is 5.15 Å². The highest BCUT2D eigenvalue weighted by Gasteiger charge is 2.12. The quantitative estimate of drug-likeness (QED) is 0.660. The monoisotopic (exact) mass is 320 g/mol. The molecule has 1 N–H and O–H groups in total. The minimum absolute atomic E-state index is 0.380. The maximum atomic E-state index is 6.15. The van der Waals surface area contributed by atoms with Crippen molar-refractivity contribution in [1.82, 2.24) is 4.98 Å². The van der Waals surface area contributed by atoms with Crippen molar-refractivity contribution in [3.05, 3.63) is 57.5 Å². The Labute approximate surface area is 132 Å². The third kappa shape index (κ3) is 2.71. The number of aromatic nitrogens is 1. The number of aryl methyl sites for hydroxylation is 2. The highest BCUT2D eigenvalue weighted by Crippen LogP contribution is 2.29. The van der Waals surface area contributed by atoms with Gasteiger partial charge in [-0.3, -0.25) is 0 Å². The fourth-order valence-electron chi connectivity index (χ4n) is 2.43. The molecule has 1 aromatic carbocycles. The molecule has 0 aliphatic heterocycles. The largest absolute Gasteiger partial charge is 0.461 e. The zero-order valence-electron chi connectivity index (χ0n) is 11.7. The molecule has 0 fully saturated rings. The van der Waals surface area contributed by atoms with Crippen molar-refractivity contribution in [2.24, 2.45) is 0 Å². The number of fused-ring (bicyclic) bond motifs is 1. The highest BCUT2D eigenvalue weighted by molar-refractivity contribution is 6.34. The number of anilines is 1. The van der Waals surface area contributed by atoms with Crippen LogP contribution in [-0.4, -0.2) is 4.98 Å². The van der Waals surface area contributed by atoms with Gasteiger partial charge in [0.25, 0.3) is 0 Å². The first-order chi connectivity index (χ1) is 10.1. The summed E-state index contributed by atoms with van der Waals surface area (Å²) in [5.41, 5.74) is 3.77. The van der Waals surface area contributed by atoms with Crippen molar-refractivity contribution < 1.29 is 4.42 Å². The third-order valence-electron chi connectivity index (χ3n) is 3.48. The number of nitrogens with zero attached hydrogens (tertiary/aromatic N) is 1. The summed E-state index contributed by atoms with van der Waals surface area (Å²) in [6.07, 6.45) is 0. The molecule has 21 heavy (non-hydrogen) atoms. The number of halogens is 2. The molecule has 108 valence electrons. The van der Waals surface area contributed by atoms with E-state index in [4.69, 9.17) is 27.6 Å². The Hall–Kier alpha value is -1.71. The molecule has 0 unspecified atom stereocenters. The Morgan fingerprint density at radius 2 is 1.95 bits per heavy atom. The lowest BCUT2D eigenvalue weighted by atomic mass is 10.1. The van der Waals surface area contributed by atoms with Gasteiger partial charge in [-0.15, -0.1) is 0 Å². The van der Waals surface area contributed by atoms with Crippen LogP contribution in [0.5, 0.6) is 0 Å². The van der Waals surface area contributed by atoms with Crippen LogP contribution >= 0.6 is 23.2 Å². The molecule has 2 aromatic heterocycles. The standard InChI is InChI=1S/C16H14Cl2N2O/c1-9-7-14(17)20-16(18)15(9)19-8-12-10(2)21-13-6-4-3-5-11(12)13/h3-7,19H,8H2,1-2H3. The van der Waals surface area contributed by atoms with Crippen LogP contribution in [0, 0.1) is 13.8 Å². The molecule has 3 rings (SSSR count). The molecule has 3 aromatic rings. The fourth-order valence-corrected chi connectivity index (χ4v) is 3.02. The average Bonchev–Trinajstić information content (AvgIpc) is 2.73. The first kappa shape index (κ1) is 14.2. The van der Waals surface area contributed by atoms with E-state index in [1.54, 1.807) is 6.07 Å². The van der Waals surface area contributed by atoms with Crippen molar-refractivity contribution in [1.29, 1.82) is 0 Å². The van der Waals surface area contributed by atoms with Crippen molar-refractivity contribution in [2.75, 3.05) is 5.32 Å². The Bertz CT molecular complexity index is 788. The smallest absolute Gasteiger partial charge is 0.154 e. The van der Waals surface area contributed by atoms with Crippen LogP contribution in [-0.2, 0) is 6.54 Å². The van der Waals surface area contributed by atoms with E-state index in [0.29, 0.717) is 16.9 Å². The second kappa shape index (κ2) is 5.58. The summed E-state index contributed by atoms with van der Waals surface area (Å²) in [7, 11) is 0. The Morgan fingerprint density at radius 3 is 2.71 bits per heavy atom. The second-order valence-corrected chi connectivity index (χ2v) is 5.66. The number of rotatable bonds is 3. The molecule has 0 saturated carbocycles. The van der Waals surface area contributed by atoms with Crippen LogP contribution in [0.25, 0.3) is 11.0 Å². The van der Waals surface area contributed by atoms with Gasteiger partial charge in [0.1, 0.15) is 16.5 Å². The van der Waals surface area contributed by atoms with E-state index in [-0.39, 0.29) is 0 Å². The van der Waals surface area contributed by atoms with Gasteiger partial charge in [-0.1, -0.05) is 41.4 Å². The van der Waals surface area contributed by atoms with E-state index in [1.165, 1.54) is 0 Å². The van der Waals surface area contributed by atoms with Crippen molar-refractivity contribution in [2.45, 2.75) is 20.4 Å². The highest BCUT2D eigenvalue weighted by atomic mass is 35.5. The zero-order valence-corrected chi connectivity index (χ0v) is 13.2. The Kier molecular flexibility index (Phi) is 3.79. The van der Waals surface area contributed by atoms with Crippen LogP contribution < -0.4 is 5.32 Å². The molecule has 0 aliphatic rings. The Morgan fingerprint density at radius 1 is 1.19 bits per heavy atom. The summed E-state index contributed by atoms with van der Waals surface area (Å²) in [5, 5.41) is 5.22. The number of pyridine rings is 1. The number of benzene rings is 1. The van der Waals surface area contributed by atoms with E-state index in [0.717, 1.165) is 33.5 Å². The molecule has 3 nitrogen and oxygen atoms in total. The predicted molar refractivity (Wildman–Crippen MR) is 87.3 cm³/mol. The maximum absolute atomic E-state index is 6.15. The molecular formula is C16H14Cl2N2O. The molecule has 2 heterocycles. The normalized spacial score (nSPS) is 11.0. The molecule has 0 bridgehead atoms. The van der Waals surface area contributed by atoms with E-state index < -0.39 is 0 Å². The lowest BCUT2D eigenvalue weighted by molar-refractivity contribution is 0.573. The number of nitrogens with one attached hydrogen (secondary N) is 1. The van der Waals surface area contributed by atoms with Gasteiger partial charge in [-0.25, -0.2) is 4.98 Å². The summed E-state index contributed by atoms with van der Waals surface area (Å²) >= 11 is 12.0. The summed E-state index contributed by atoms with van der Waals surface area (Å²) in [6.45, 7) is 4.53. The van der Waals surface area contributed by atoms with E-state index in [9.17, 15) is 0 Å². The number of furan rings is 1. The minimum atomic E-state index is 0.380. The molecule has 5 heteroatoms. The molecular weight excluding hydrogens is 307 g/mol. The first-order valence-corrected chi connectivity index (χ1v) is 7.35. The summed E-state index contributed by atoms with van der Waals surface area (Å²) in [6, 6.07) is 9.77. The molecule has 0 amide bonds. The van der Waals surface area contributed by atoms with Crippen LogP contribution in [0.4, 0.5) is 5.69 Å². The second-order valence-electron chi connectivity index (χ2n) is 4.91. The minimum Gasteiger partial charge on any atom is -0.461 e. The van der Waals surface area contributed by atoms with Gasteiger partial charge in [-0.05, 0) is 31.5 Å². The zero-order chi connectivity index (χ0) is 15.0. The van der Waals surface area contributed by atoms with Crippen LogP contribution in [0.15, 0.2) is 34.7 Å². The molecule has 0 radical (unpaired) electrons. The first-order valence-electron chi connectivity index (χ1n) is 6.60. The molecule has 0 aliphatic carbocycles. The Balaban J connectivity index is 1.92. The van der Waals surface area contributed by atoms with Crippen LogP contribution in [0.1, 0.15) is 16.9 Å². The number of hydrogen-bond donors (Lipinski definition) is 1. The third-order valence-corrected chi connectivity index (χ3v) is 3.95. The topological polar surface area (TPSA) is 38.1 Å². The maximum Gasteiger partial charge on any atom is 0.154 e. The number of hydrogen-bond acceptors (Lipinski definition) is 3. The van der Waals surface area contributed by atoms with Crippen molar-refractivity contribution >= 4 is 39.9 Å². The summed E-state index contributed by atoms with van der Waals surface area (Å²) < 4.78 is 5.76. The predicted octanol–water partition coefficient (Wildman–Crippen LogP) is 5.36. The molecule has 0 atom stereocenters. The lowest BCUT2D eigenvalue weighted by Gasteiger charge is -2.11. The number of para-hydroxylation sites is 1. The summed E-state index contributed by atoms with van der Waals surface area (Å²) in [5.74, 6) is 0.902. The van der Waals surface area contributed by atoms with E-state index in [1.807, 2.05) is 32.0 Å². The average molecular weight is 321 g/mol. The van der Waals surface area contributed by atoms with Gasteiger partial charge in [0.05, 0.1) is 5.69 Å². The fraction of sp³-hybridized carbons (Fsp3) is 0.188. The van der Waals surface area contributed by atoms with Crippen molar-refractivity contribution in [3.8, 4) is 0 Å². The summed E-state index contributed by atoms with van der Waals surface area (Å²) in [4.78, 5) is 4.06. The van der Waals surface area contributed by atoms with Gasteiger partial charge in [0.2, 0.25) is 0 Å². The van der Waals surface area contributed by atoms with Crippen molar-refractivity contribution in [3.63, 3.8) is 0 Å². The van der Waals surface area contributed by atoms with Gasteiger partial charge in [0, 0.05) is 17.5 Å². The SMILES string of the molecule is Cc1cc(Cl)nc(Cl)c1NCc1c(C)oc2ccccc12. The molecule has 0 saturated heterocycles. The van der Waals surface area contributed by atoms with Crippen LogP contribution in [0.2, 0.25) is 10.3 Å². The van der Waals surface area contributed by atoms with Gasteiger partial charge in [-0.2, -0.15) is 0 Å². The molecule has 0 spiro atoms. The van der Waals surface area contributed by atoms with E-state index in [2.05, 4.69) is 16.4 Å². The van der Waals surface area contributed by atoms with E-state index >= 15 is 0 Å².